The van der Waals surface area contributed by atoms with Gasteiger partial charge in [-0.2, -0.15) is 0 Å². The number of carbonyl (C=O) groups is 2. The maximum Gasteiger partial charge on any atom is 0.241 e. The molecule has 2 aliphatic rings. The third-order valence-electron chi connectivity index (χ3n) is 4.84. The third kappa shape index (κ3) is 3.27. The molecule has 2 N–H and O–H groups in total. The molecule has 0 bridgehead atoms. The normalized spacial score (nSPS) is 18.6. The van der Waals surface area contributed by atoms with Gasteiger partial charge in [0.05, 0.1) is 0 Å². The summed E-state index contributed by atoms with van der Waals surface area (Å²) in [5, 5.41) is 5.62. The van der Waals surface area contributed by atoms with E-state index in [0.717, 1.165) is 16.8 Å². The van der Waals surface area contributed by atoms with Crippen LogP contribution in [0.15, 0.2) is 42.5 Å². The molecule has 1 aliphatic heterocycles. The predicted molar refractivity (Wildman–Crippen MR) is 92.9 cm³/mol. The molecule has 0 radical (unpaired) electrons. The van der Waals surface area contributed by atoms with Crippen molar-refractivity contribution in [1.29, 1.82) is 0 Å². The van der Waals surface area contributed by atoms with Crippen LogP contribution in [-0.4, -0.2) is 18.4 Å². The lowest BCUT2D eigenvalue weighted by Crippen LogP contribution is -2.34. The van der Waals surface area contributed by atoms with Crippen molar-refractivity contribution in [2.24, 2.45) is 0 Å². The number of carbonyl (C=O) groups excluding carboxylic acids is 2. The molecule has 0 saturated heterocycles. The fraction of sp³-hybridized carbons (Fsp3) is 0.300. The van der Waals surface area contributed by atoms with E-state index in [0.29, 0.717) is 18.9 Å². The first kappa shape index (κ1) is 15.8. The summed E-state index contributed by atoms with van der Waals surface area (Å²) in [6, 6.07) is 12.1. The zero-order chi connectivity index (χ0) is 17.4. The average Bonchev–Trinajstić information content (AvgIpc) is 3.38. The zero-order valence-electron chi connectivity index (χ0n) is 13.7. The van der Waals surface area contributed by atoms with E-state index in [4.69, 9.17) is 0 Å². The lowest BCUT2D eigenvalue weighted by molar-refractivity contribution is -0.128. The molecule has 1 fully saturated rings. The van der Waals surface area contributed by atoms with Crippen molar-refractivity contribution in [3.8, 4) is 0 Å². The van der Waals surface area contributed by atoms with Gasteiger partial charge in [-0.3, -0.25) is 9.59 Å². The summed E-state index contributed by atoms with van der Waals surface area (Å²) >= 11 is 0. The number of halogens is 1. The van der Waals surface area contributed by atoms with E-state index in [-0.39, 0.29) is 17.6 Å². The van der Waals surface area contributed by atoms with E-state index in [1.807, 2.05) is 18.2 Å². The highest BCUT2D eigenvalue weighted by Crippen LogP contribution is 2.43. The molecule has 2 aromatic rings. The minimum Gasteiger partial charge on any atom is -0.355 e. The highest BCUT2D eigenvalue weighted by atomic mass is 19.1. The van der Waals surface area contributed by atoms with E-state index in [1.54, 1.807) is 12.1 Å². The van der Waals surface area contributed by atoms with E-state index < -0.39 is 5.92 Å². The monoisotopic (exact) mass is 338 g/mol. The summed E-state index contributed by atoms with van der Waals surface area (Å²) in [7, 11) is 0. The van der Waals surface area contributed by atoms with Gasteiger partial charge >= 0.3 is 0 Å². The average molecular weight is 338 g/mol. The van der Waals surface area contributed by atoms with Gasteiger partial charge < -0.3 is 10.6 Å². The minimum atomic E-state index is -0.790. The fourth-order valence-electron chi connectivity index (χ4n) is 3.29. The van der Waals surface area contributed by atoms with Crippen molar-refractivity contribution < 1.29 is 14.0 Å². The molecule has 128 valence electrons. The number of rotatable bonds is 5. The van der Waals surface area contributed by atoms with Gasteiger partial charge in [0.15, 0.2) is 0 Å². The first-order valence-corrected chi connectivity index (χ1v) is 8.58. The van der Waals surface area contributed by atoms with Gasteiger partial charge in [0.25, 0.3) is 0 Å². The largest absolute Gasteiger partial charge is 0.355 e. The second-order valence-electron chi connectivity index (χ2n) is 6.71. The standard InChI is InChI=1S/C20H19FN2O2/c21-15-6-1-12(2-7-15)9-10-22-19(24)18-16-11-14(13-3-4-13)5-8-17(16)23-20(18)25/h1-2,5-8,11,13,18H,3-4,9-10H2,(H,22,24)(H,23,25). The number of fused-ring (bicyclic) bond motifs is 1. The van der Waals surface area contributed by atoms with Crippen LogP contribution in [0.1, 0.15) is 41.4 Å². The van der Waals surface area contributed by atoms with Gasteiger partial charge in [0, 0.05) is 12.2 Å². The number of hydrogen-bond acceptors (Lipinski definition) is 2. The van der Waals surface area contributed by atoms with Crippen LogP contribution in [0.25, 0.3) is 0 Å². The second kappa shape index (κ2) is 6.31. The van der Waals surface area contributed by atoms with E-state index >= 15 is 0 Å². The molecule has 0 aromatic heterocycles. The molecule has 1 heterocycles. The van der Waals surface area contributed by atoms with E-state index in [1.165, 1.54) is 30.5 Å². The lowest BCUT2D eigenvalue weighted by Gasteiger charge is -2.11. The second-order valence-corrected chi connectivity index (χ2v) is 6.71. The molecular weight excluding hydrogens is 319 g/mol. The summed E-state index contributed by atoms with van der Waals surface area (Å²) in [4.78, 5) is 24.8. The lowest BCUT2D eigenvalue weighted by atomic mass is 9.96. The van der Waals surface area contributed by atoms with Gasteiger partial charge in [0.1, 0.15) is 11.7 Å². The Labute approximate surface area is 145 Å². The first-order valence-electron chi connectivity index (χ1n) is 8.58. The van der Waals surface area contributed by atoms with Crippen LogP contribution in [0, 0.1) is 5.82 Å². The van der Waals surface area contributed by atoms with Crippen molar-refractivity contribution in [2.75, 3.05) is 11.9 Å². The first-order chi connectivity index (χ1) is 12.1. The quantitative estimate of drug-likeness (QED) is 0.823. The molecule has 1 atom stereocenters. The summed E-state index contributed by atoms with van der Waals surface area (Å²) in [5.41, 5.74) is 3.65. The van der Waals surface area contributed by atoms with Crippen LogP contribution in [0.3, 0.4) is 0 Å². The smallest absolute Gasteiger partial charge is 0.241 e. The summed E-state index contributed by atoms with van der Waals surface area (Å²) in [6.07, 6.45) is 2.94. The molecule has 1 aliphatic carbocycles. The number of hydrogen-bond donors (Lipinski definition) is 2. The molecule has 25 heavy (non-hydrogen) atoms. The summed E-state index contributed by atoms with van der Waals surface area (Å²) in [5.74, 6) is -1.06. The molecule has 4 rings (SSSR count). The number of nitrogens with one attached hydrogen (secondary N) is 2. The van der Waals surface area contributed by atoms with Crippen molar-refractivity contribution in [3.63, 3.8) is 0 Å². The van der Waals surface area contributed by atoms with Crippen molar-refractivity contribution in [1.82, 2.24) is 5.32 Å². The summed E-state index contributed by atoms with van der Waals surface area (Å²) in [6.45, 7) is 0.409. The Morgan fingerprint density at radius 3 is 2.64 bits per heavy atom. The van der Waals surface area contributed by atoms with Gasteiger partial charge in [-0.15, -0.1) is 0 Å². The maximum atomic E-state index is 12.9. The van der Waals surface area contributed by atoms with Crippen LogP contribution in [0.5, 0.6) is 0 Å². The van der Waals surface area contributed by atoms with E-state index in [2.05, 4.69) is 10.6 Å². The molecular formula is C20H19FN2O2. The Hall–Kier alpha value is -2.69. The van der Waals surface area contributed by atoms with Gasteiger partial charge in [-0.1, -0.05) is 24.3 Å². The molecule has 0 spiro atoms. The van der Waals surface area contributed by atoms with Crippen LogP contribution in [-0.2, 0) is 16.0 Å². The highest BCUT2D eigenvalue weighted by molar-refractivity contribution is 6.16. The third-order valence-corrected chi connectivity index (χ3v) is 4.84. The highest BCUT2D eigenvalue weighted by Gasteiger charge is 2.37. The molecule has 2 amide bonds. The SMILES string of the molecule is O=C(NCCc1ccc(F)cc1)C1C(=O)Nc2ccc(C3CC3)cc21. The minimum absolute atomic E-state index is 0.276. The van der Waals surface area contributed by atoms with Crippen LogP contribution < -0.4 is 10.6 Å². The molecule has 4 nitrogen and oxygen atoms in total. The molecule has 1 unspecified atom stereocenters. The number of anilines is 1. The Balaban J connectivity index is 1.42. The molecule has 1 saturated carbocycles. The number of amides is 2. The topological polar surface area (TPSA) is 58.2 Å². The van der Waals surface area contributed by atoms with Crippen LogP contribution in [0.4, 0.5) is 10.1 Å². The van der Waals surface area contributed by atoms with Gasteiger partial charge in [-0.25, -0.2) is 4.39 Å². The Kier molecular flexibility index (Phi) is 3.99. The Morgan fingerprint density at radius 2 is 1.92 bits per heavy atom. The van der Waals surface area contributed by atoms with E-state index in [9.17, 15) is 14.0 Å². The van der Waals surface area contributed by atoms with Crippen molar-refractivity contribution in [3.05, 3.63) is 65.0 Å². The Morgan fingerprint density at radius 1 is 1.16 bits per heavy atom. The van der Waals surface area contributed by atoms with Crippen molar-refractivity contribution >= 4 is 17.5 Å². The number of benzene rings is 2. The predicted octanol–water partition coefficient (Wildman–Crippen LogP) is 3.10. The van der Waals surface area contributed by atoms with Crippen LogP contribution in [0.2, 0.25) is 0 Å². The molecule has 5 heteroatoms. The summed E-state index contributed by atoms with van der Waals surface area (Å²) < 4.78 is 12.9. The maximum absolute atomic E-state index is 12.9. The Bertz CT molecular complexity index is 828. The van der Waals surface area contributed by atoms with Crippen LogP contribution >= 0.6 is 0 Å². The fourth-order valence-corrected chi connectivity index (χ4v) is 3.29. The van der Waals surface area contributed by atoms with Gasteiger partial charge in [0.2, 0.25) is 11.8 Å². The molecule has 2 aromatic carbocycles. The zero-order valence-corrected chi connectivity index (χ0v) is 13.7. The van der Waals surface area contributed by atoms with Crippen molar-refractivity contribution in [2.45, 2.75) is 31.1 Å². The van der Waals surface area contributed by atoms with Gasteiger partial charge in [-0.05, 0) is 60.1 Å².